The second kappa shape index (κ2) is 7.82. The fraction of sp³-hybridized carbons (Fsp3) is 0.286. The van der Waals surface area contributed by atoms with E-state index in [4.69, 9.17) is 9.47 Å². The summed E-state index contributed by atoms with van der Waals surface area (Å²) in [5.41, 5.74) is 2.05. The molecule has 1 amide bonds. The standard InChI is InChI=1S/C21H22N4O3/c1-27-13-20(26)24-17(15-8-4-3-5-9-15)12-18(25-21(24)22-14-23-25)16-10-6-7-11-19(16)28-2/h3-11,14,17-18H,12-13H2,1-2H3. The number of hydrogen-bond acceptors (Lipinski definition) is 5. The third kappa shape index (κ3) is 3.14. The van der Waals surface area contributed by atoms with Crippen LogP contribution in [0.5, 0.6) is 5.75 Å². The number of benzene rings is 2. The Morgan fingerprint density at radius 3 is 2.57 bits per heavy atom. The van der Waals surface area contributed by atoms with Gasteiger partial charge < -0.3 is 9.47 Å². The molecule has 0 N–H and O–H groups in total. The van der Waals surface area contributed by atoms with Crippen molar-refractivity contribution >= 4 is 11.9 Å². The van der Waals surface area contributed by atoms with Crippen molar-refractivity contribution in [2.75, 3.05) is 25.7 Å². The molecule has 1 aliphatic rings. The van der Waals surface area contributed by atoms with Gasteiger partial charge in [0.15, 0.2) is 0 Å². The second-order valence-corrected chi connectivity index (χ2v) is 6.62. The van der Waals surface area contributed by atoms with Crippen LogP contribution < -0.4 is 9.64 Å². The first kappa shape index (κ1) is 18.2. The minimum absolute atomic E-state index is 0.0183. The predicted molar refractivity (Wildman–Crippen MR) is 104 cm³/mol. The molecule has 2 heterocycles. The molecule has 7 nitrogen and oxygen atoms in total. The van der Waals surface area contributed by atoms with Crippen molar-refractivity contribution in [1.82, 2.24) is 14.8 Å². The minimum Gasteiger partial charge on any atom is -0.496 e. The molecule has 28 heavy (non-hydrogen) atoms. The summed E-state index contributed by atoms with van der Waals surface area (Å²) < 4.78 is 12.5. The largest absolute Gasteiger partial charge is 0.496 e. The number of anilines is 1. The van der Waals surface area contributed by atoms with Gasteiger partial charge in [-0.15, -0.1) is 0 Å². The van der Waals surface area contributed by atoms with Gasteiger partial charge in [0, 0.05) is 12.7 Å². The minimum atomic E-state index is -0.185. The van der Waals surface area contributed by atoms with Gasteiger partial charge in [0.1, 0.15) is 18.7 Å². The monoisotopic (exact) mass is 378 g/mol. The Balaban J connectivity index is 1.85. The molecule has 0 saturated heterocycles. The van der Waals surface area contributed by atoms with E-state index in [0.717, 1.165) is 16.9 Å². The Bertz CT molecular complexity index is 957. The zero-order valence-electron chi connectivity index (χ0n) is 15.9. The number of rotatable bonds is 5. The zero-order chi connectivity index (χ0) is 19.5. The van der Waals surface area contributed by atoms with Crippen LogP contribution in [0.4, 0.5) is 5.95 Å². The first-order chi connectivity index (χ1) is 13.7. The molecule has 3 aromatic rings. The van der Waals surface area contributed by atoms with E-state index in [9.17, 15) is 4.79 Å². The average Bonchev–Trinajstić information content (AvgIpc) is 3.23. The molecular formula is C21H22N4O3. The lowest BCUT2D eigenvalue weighted by Gasteiger charge is -2.39. The van der Waals surface area contributed by atoms with Crippen molar-refractivity contribution in [3.05, 3.63) is 72.1 Å². The van der Waals surface area contributed by atoms with Gasteiger partial charge in [0.25, 0.3) is 5.91 Å². The number of methoxy groups -OCH3 is 2. The van der Waals surface area contributed by atoms with Crippen molar-refractivity contribution in [2.45, 2.75) is 18.5 Å². The van der Waals surface area contributed by atoms with Crippen molar-refractivity contribution in [3.8, 4) is 5.75 Å². The highest BCUT2D eigenvalue weighted by molar-refractivity contribution is 5.93. The van der Waals surface area contributed by atoms with Gasteiger partial charge in [0.05, 0.1) is 19.2 Å². The molecule has 144 valence electrons. The van der Waals surface area contributed by atoms with Crippen LogP contribution in [0.3, 0.4) is 0 Å². The van der Waals surface area contributed by atoms with Gasteiger partial charge in [-0.1, -0.05) is 48.5 Å². The quantitative estimate of drug-likeness (QED) is 0.683. The molecule has 0 bridgehead atoms. The maximum atomic E-state index is 12.9. The van der Waals surface area contributed by atoms with Crippen LogP contribution in [0.2, 0.25) is 0 Å². The molecule has 0 saturated carbocycles. The molecule has 2 unspecified atom stereocenters. The Morgan fingerprint density at radius 1 is 1.07 bits per heavy atom. The molecule has 1 aliphatic heterocycles. The second-order valence-electron chi connectivity index (χ2n) is 6.62. The molecule has 0 radical (unpaired) electrons. The number of fused-ring (bicyclic) bond motifs is 1. The van der Waals surface area contributed by atoms with Crippen LogP contribution in [-0.2, 0) is 9.53 Å². The third-order valence-electron chi connectivity index (χ3n) is 5.04. The van der Waals surface area contributed by atoms with Crippen LogP contribution in [0.1, 0.15) is 29.6 Å². The van der Waals surface area contributed by atoms with E-state index >= 15 is 0 Å². The molecule has 0 aliphatic carbocycles. The van der Waals surface area contributed by atoms with Gasteiger partial charge in [0.2, 0.25) is 5.95 Å². The van der Waals surface area contributed by atoms with Gasteiger partial charge in [-0.3, -0.25) is 9.69 Å². The predicted octanol–water partition coefficient (Wildman–Crippen LogP) is 3.00. The van der Waals surface area contributed by atoms with Crippen molar-refractivity contribution in [2.24, 2.45) is 0 Å². The first-order valence-electron chi connectivity index (χ1n) is 9.13. The Morgan fingerprint density at radius 2 is 1.82 bits per heavy atom. The number of nitrogens with zero attached hydrogens (tertiary/aromatic N) is 4. The van der Waals surface area contributed by atoms with E-state index < -0.39 is 0 Å². The van der Waals surface area contributed by atoms with E-state index in [2.05, 4.69) is 10.1 Å². The highest BCUT2D eigenvalue weighted by atomic mass is 16.5. The summed E-state index contributed by atoms with van der Waals surface area (Å²) in [4.78, 5) is 19.0. The summed E-state index contributed by atoms with van der Waals surface area (Å²) >= 11 is 0. The van der Waals surface area contributed by atoms with Crippen LogP contribution in [0, 0.1) is 0 Å². The Labute approximate surface area is 163 Å². The molecule has 0 fully saturated rings. The van der Waals surface area contributed by atoms with Crippen LogP contribution in [0.15, 0.2) is 60.9 Å². The van der Waals surface area contributed by atoms with Crippen LogP contribution in [-0.4, -0.2) is 41.5 Å². The number of carbonyl (C=O) groups is 1. The summed E-state index contributed by atoms with van der Waals surface area (Å²) in [6, 6.07) is 17.6. The summed E-state index contributed by atoms with van der Waals surface area (Å²) in [6.07, 6.45) is 2.13. The van der Waals surface area contributed by atoms with Gasteiger partial charge >= 0.3 is 0 Å². The summed E-state index contributed by atoms with van der Waals surface area (Å²) in [5.74, 6) is 1.15. The van der Waals surface area contributed by atoms with Gasteiger partial charge in [-0.2, -0.15) is 10.1 Å². The fourth-order valence-corrected chi connectivity index (χ4v) is 3.83. The topological polar surface area (TPSA) is 69.5 Å². The molecule has 4 rings (SSSR count). The number of amides is 1. The van der Waals surface area contributed by atoms with Crippen molar-refractivity contribution in [3.63, 3.8) is 0 Å². The van der Waals surface area contributed by atoms with E-state index in [0.29, 0.717) is 12.4 Å². The molecule has 1 aromatic heterocycles. The van der Waals surface area contributed by atoms with E-state index in [1.54, 1.807) is 16.7 Å². The van der Waals surface area contributed by atoms with Gasteiger partial charge in [-0.25, -0.2) is 4.68 Å². The molecule has 0 spiro atoms. The molecule has 2 atom stereocenters. The maximum absolute atomic E-state index is 12.9. The fourth-order valence-electron chi connectivity index (χ4n) is 3.83. The normalized spacial score (nSPS) is 18.6. The smallest absolute Gasteiger partial charge is 0.255 e. The summed E-state index contributed by atoms with van der Waals surface area (Å²) in [6.45, 7) is -0.0183. The molecule has 7 heteroatoms. The zero-order valence-corrected chi connectivity index (χ0v) is 15.9. The number of aromatic nitrogens is 3. The number of carbonyl (C=O) groups excluding carboxylic acids is 1. The number of para-hydroxylation sites is 1. The number of ether oxygens (including phenoxy) is 2. The van der Waals surface area contributed by atoms with Crippen molar-refractivity contribution in [1.29, 1.82) is 0 Å². The lowest BCUT2D eigenvalue weighted by Crippen LogP contribution is -2.44. The Hall–Kier alpha value is -3.19. The average molecular weight is 378 g/mol. The maximum Gasteiger partial charge on any atom is 0.255 e. The van der Waals surface area contributed by atoms with Crippen molar-refractivity contribution < 1.29 is 14.3 Å². The highest BCUT2D eigenvalue weighted by Gasteiger charge is 2.39. The first-order valence-corrected chi connectivity index (χ1v) is 9.13. The van der Waals surface area contributed by atoms with Crippen LogP contribution in [0.25, 0.3) is 0 Å². The van der Waals surface area contributed by atoms with E-state index in [1.165, 1.54) is 13.4 Å². The van der Waals surface area contributed by atoms with Crippen LogP contribution >= 0.6 is 0 Å². The SMILES string of the molecule is COCC(=O)N1c2ncnn2C(c2ccccc2OC)CC1c1ccccc1. The summed E-state index contributed by atoms with van der Waals surface area (Å²) in [5, 5.41) is 4.43. The lowest BCUT2D eigenvalue weighted by atomic mass is 9.91. The van der Waals surface area contributed by atoms with Gasteiger partial charge in [-0.05, 0) is 18.1 Å². The number of hydrogen-bond donors (Lipinski definition) is 0. The van der Waals surface area contributed by atoms with E-state index in [-0.39, 0.29) is 24.6 Å². The highest BCUT2D eigenvalue weighted by Crippen LogP contribution is 2.43. The molecule has 2 aromatic carbocycles. The van der Waals surface area contributed by atoms with E-state index in [1.807, 2.05) is 54.6 Å². The molecular weight excluding hydrogens is 356 g/mol. The lowest BCUT2D eigenvalue weighted by molar-refractivity contribution is -0.123. The summed E-state index contributed by atoms with van der Waals surface area (Å²) in [7, 11) is 3.18. The third-order valence-corrected chi connectivity index (χ3v) is 5.04. The Kier molecular flexibility index (Phi) is 5.08.